The third-order valence-corrected chi connectivity index (χ3v) is 4.80. The summed E-state index contributed by atoms with van der Waals surface area (Å²) in [4.78, 5) is 4.85. The van der Waals surface area contributed by atoms with Gasteiger partial charge in [-0.25, -0.2) is 0 Å². The van der Waals surface area contributed by atoms with Crippen LogP contribution in [-0.4, -0.2) is 74.1 Å². The number of rotatable bonds is 3. The minimum Gasteiger partial charge on any atom is -0.347 e. The molecule has 0 aromatic rings. The van der Waals surface area contributed by atoms with Crippen molar-refractivity contribution < 1.29 is 9.47 Å². The number of nitrogens with zero attached hydrogens (tertiary/aromatic N) is 2. The summed E-state index contributed by atoms with van der Waals surface area (Å²) >= 11 is 0. The van der Waals surface area contributed by atoms with Crippen LogP contribution in [0.25, 0.3) is 0 Å². The molecular weight excluding hydrogens is 242 g/mol. The molecule has 0 bridgehead atoms. The predicted octanol–water partition coefficient (Wildman–Crippen LogP) is 0.247. The zero-order valence-electron chi connectivity index (χ0n) is 12.0. The maximum absolute atomic E-state index is 6.21. The number of nitrogens with two attached hydrogens (primary N) is 1. The SMILES string of the molecule is CN1CCN(CC2COC3(CCCC3)O2)C(CN)C1. The summed E-state index contributed by atoms with van der Waals surface area (Å²) in [6.07, 6.45) is 4.87. The molecule has 2 unspecified atom stereocenters. The zero-order valence-corrected chi connectivity index (χ0v) is 12.0. The zero-order chi connectivity index (χ0) is 13.3. The third kappa shape index (κ3) is 2.95. The normalized spacial score (nSPS) is 36.3. The summed E-state index contributed by atoms with van der Waals surface area (Å²) in [5.74, 6) is -0.227. The van der Waals surface area contributed by atoms with Crippen LogP contribution < -0.4 is 5.73 Å². The van der Waals surface area contributed by atoms with Crippen LogP contribution in [-0.2, 0) is 9.47 Å². The molecular formula is C14H27N3O2. The average molecular weight is 269 g/mol. The van der Waals surface area contributed by atoms with Crippen LogP contribution in [0.1, 0.15) is 25.7 Å². The molecule has 19 heavy (non-hydrogen) atoms. The first kappa shape index (κ1) is 13.8. The molecule has 1 aliphatic carbocycles. The summed E-state index contributed by atoms with van der Waals surface area (Å²) in [5.41, 5.74) is 5.91. The van der Waals surface area contributed by atoms with Gasteiger partial charge >= 0.3 is 0 Å². The Morgan fingerprint density at radius 1 is 1.26 bits per heavy atom. The smallest absolute Gasteiger partial charge is 0.168 e. The molecule has 0 aromatic heterocycles. The van der Waals surface area contributed by atoms with Gasteiger partial charge in [-0.2, -0.15) is 0 Å². The highest BCUT2D eigenvalue weighted by Gasteiger charge is 2.44. The van der Waals surface area contributed by atoms with Crippen molar-refractivity contribution in [1.82, 2.24) is 9.80 Å². The standard InChI is InChI=1S/C14H27N3O2/c1-16-6-7-17(12(8-15)9-16)10-13-11-18-14(19-13)4-2-3-5-14/h12-13H,2-11,15H2,1H3. The van der Waals surface area contributed by atoms with E-state index >= 15 is 0 Å². The Hall–Kier alpha value is -0.200. The number of hydrogen-bond donors (Lipinski definition) is 1. The average Bonchev–Trinajstić information content (AvgIpc) is 3.03. The number of hydrogen-bond acceptors (Lipinski definition) is 5. The fourth-order valence-corrected chi connectivity index (χ4v) is 3.66. The molecule has 3 aliphatic rings. The molecule has 3 rings (SSSR count). The van der Waals surface area contributed by atoms with Crippen LogP contribution in [0.3, 0.4) is 0 Å². The minimum atomic E-state index is -0.227. The van der Waals surface area contributed by atoms with Crippen LogP contribution in [0.2, 0.25) is 0 Å². The summed E-state index contributed by atoms with van der Waals surface area (Å²) in [6, 6.07) is 0.461. The highest BCUT2D eigenvalue weighted by Crippen LogP contribution is 2.39. The van der Waals surface area contributed by atoms with E-state index in [4.69, 9.17) is 15.2 Å². The Labute approximate surface area is 116 Å². The first-order valence-corrected chi connectivity index (χ1v) is 7.65. The maximum atomic E-state index is 6.21. The quantitative estimate of drug-likeness (QED) is 0.796. The largest absolute Gasteiger partial charge is 0.347 e. The van der Waals surface area contributed by atoms with Crippen molar-refractivity contribution in [1.29, 1.82) is 0 Å². The number of likely N-dealkylation sites (N-methyl/N-ethyl adjacent to an activating group) is 1. The Kier molecular flexibility index (Phi) is 4.10. The van der Waals surface area contributed by atoms with Gasteiger partial charge in [-0.1, -0.05) is 0 Å². The molecule has 0 aromatic carbocycles. The van der Waals surface area contributed by atoms with E-state index in [1.54, 1.807) is 0 Å². The summed E-state index contributed by atoms with van der Waals surface area (Å²) in [5, 5.41) is 0. The van der Waals surface area contributed by atoms with Crippen LogP contribution in [0.15, 0.2) is 0 Å². The van der Waals surface area contributed by atoms with E-state index < -0.39 is 0 Å². The second-order valence-corrected chi connectivity index (χ2v) is 6.32. The van der Waals surface area contributed by atoms with Crippen molar-refractivity contribution in [3.8, 4) is 0 Å². The van der Waals surface area contributed by atoms with Crippen molar-refractivity contribution in [2.24, 2.45) is 5.73 Å². The first-order chi connectivity index (χ1) is 9.21. The van der Waals surface area contributed by atoms with Crippen molar-refractivity contribution in [3.05, 3.63) is 0 Å². The molecule has 0 radical (unpaired) electrons. The van der Waals surface area contributed by atoms with Crippen LogP contribution >= 0.6 is 0 Å². The van der Waals surface area contributed by atoms with Gasteiger partial charge in [-0.05, 0) is 19.9 Å². The van der Waals surface area contributed by atoms with Gasteiger partial charge in [0.25, 0.3) is 0 Å². The van der Waals surface area contributed by atoms with Crippen molar-refractivity contribution in [2.45, 2.75) is 43.6 Å². The molecule has 5 heteroatoms. The Morgan fingerprint density at radius 3 is 2.79 bits per heavy atom. The van der Waals surface area contributed by atoms with Gasteiger partial charge in [-0.3, -0.25) is 4.90 Å². The molecule has 0 amide bonds. The molecule has 2 atom stereocenters. The number of piperazine rings is 1. The maximum Gasteiger partial charge on any atom is 0.168 e. The highest BCUT2D eigenvalue weighted by atomic mass is 16.7. The van der Waals surface area contributed by atoms with Crippen LogP contribution in [0.4, 0.5) is 0 Å². The van der Waals surface area contributed by atoms with Crippen LogP contribution in [0.5, 0.6) is 0 Å². The molecule has 2 heterocycles. The van der Waals surface area contributed by atoms with E-state index in [1.807, 2.05) is 0 Å². The van der Waals surface area contributed by atoms with Crippen LogP contribution in [0, 0.1) is 0 Å². The van der Waals surface area contributed by atoms with Gasteiger partial charge < -0.3 is 20.1 Å². The van der Waals surface area contributed by atoms with Gasteiger partial charge in [0.1, 0.15) is 0 Å². The molecule has 2 saturated heterocycles. The van der Waals surface area contributed by atoms with E-state index in [0.29, 0.717) is 6.04 Å². The van der Waals surface area contributed by atoms with E-state index in [-0.39, 0.29) is 11.9 Å². The second kappa shape index (κ2) is 5.66. The lowest BCUT2D eigenvalue weighted by Gasteiger charge is -2.40. The molecule has 1 spiro atoms. The van der Waals surface area contributed by atoms with E-state index in [1.165, 1.54) is 12.8 Å². The summed E-state index contributed by atoms with van der Waals surface area (Å²) in [7, 11) is 2.17. The first-order valence-electron chi connectivity index (χ1n) is 7.65. The summed E-state index contributed by atoms with van der Waals surface area (Å²) in [6.45, 7) is 5.72. The lowest BCUT2D eigenvalue weighted by molar-refractivity contribution is -0.164. The van der Waals surface area contributed by atoms with Gasteiger partial charge in [0.2, 0.25) is 0 Å². The topological polar surface area (TPSA) is 51.0 Å². The molecule has 5 nitrogen and oxygen atoms in total. The van der Waals surface area contributed by atoms with Gasteiger partial charge in [0, 0.05) is 51.6 Å². The second-order valence-electron chi connectivity index (χ2n) is 6.32. The van der Waals surface area contributed by atoms with Gasteiger partial charge in [-0.15, -0.1) is 0 Å². The van der Waals surface area contributed by atoms with Crippen molar-refractivity contribution in [3.63, 3.8) is 0 Å². The lowest BCUT2D eigenvalue weighted by Crippen LogP contribution is -2.56. The van der Waals surface area contributed by atoms with E-state index in [2.05, 4.69) is 16.8 Å². The van der Waals surface area contributed by atoms with Gasteiger partial charge in [0.15, 0.2) is 5.79 Å². The Balaban J connectivity index is 1.53. The van der Waals surface area contributed by atoms with E-state index in [9.17, 15) is 0 Å². The fourth-order valence-electron chi connectivity index (χ4n) is 3.66. The van der Waals surface area contributed by atoms with Crippen molar-refractivity contribution in [2.75, 3.05) is 46.4 Å². The molecule has 2 aliphatic heterocycles. The fraction of sp³-hybridized carbons (Fsp3) is 1.00. The summed E-state index contributed by atoms with van der Waals surface area (Å²) < 4.78 is 12.2. The third-order valence-electron chi connectivity index (χ3n) is 4.80. The Morgan fingerprint density at radius 2 is 2.05 bits per heavy atom. The number of ether oxygens (including phenoxy) is 2. The molecule has 110 valence electrons. The molecule has 3 fully saturated rings. The predicted molar refractivity (Wildman–Crippen MR) is 73.9 cm³/mol. The highest BCUT2D eigenvalue weighted by molar-refractivity contribution is 4.88. The molecule has 2 N–H and O–H groups in total. The monoisotopic (exact) mass is 269 g/mol. The Bertz CT molecular complexity index is 307. The minimum absolute atomic E-state index is 0.227. The van der Waals surface area contributed by atoms with Crippen molar-refractivity contribution >= 4 is 0 Å². The van der Waals surface area contributed by atoms with E-state index in [0.717, 1.165) is 52.2 Å². The lowest BCUT2D eigenvalue weighted by atomic mass is 10.1. The van der Waals surface area contributed by atoms with Gasteiger partial charge in [0.05, 0.1) is 12.7 Å². The molecule has 1 saturated carbocycles.